The molecule has 4 aromatic heterocycles. The third kappa shape index (κ3) is 5.92. The SMILES string of the molecule is c1ccc(-c2ccc(-n3c4ccccc4c4ccccc43)cc2-c2cncc(-c3cc(-c4cc(-n5c6ccccc6c6ccccc65)ccc4-c4ccccc4)ccn3)c2)cc1. The summed E-state index contributed by atoms with van der Waals surface area (Å²) in [5, 5.41) is 4.96. The summed E-state index contributed by atoms with van der Waals surface area (Å²) in [7, 11) is 0. The van der Waals surface area contributed by atoms with Crippen LogP contribution in [-0.2, 0) is 0 Å². The lowest BCUT2D eigenvalue weighted by Gasteiger charge is -2.16. The van der Waals surface area contributed by atoms with Crippen LogP contribution in [0.25, 0.3) is 111 Å². The van der Waals surface area contributed by atoms with Crippen molar-refractivity contribution in [1.29, 1.82) is 0 Å². The molecule has 0 fully saturated rings. The van der Waals surface area contributed by atoms with Crippen molar-refractivity contribution in [3.8, 4) is 67.1 Å². The van der Waals surface area contributed by atoms with Gasteiger partial charge in [0.25, 0.3) is 0 Å². The van der Waals surface area contributed by atoms with Crippen molar-refractivity contribution < 1.29 is 0 Å². The quantitative estimate of drug-likeness (QED) is 0.161. The highest BCUT2D eigenvalue weighted by Crippen LogP contribution is 2.41. The highest BCUT2D eigenvalue weighted by Gasteiger charge is 2.18. The minimum Gasteiger partial charge on any atom is -0.309 e. The number of fused-ring (bicyclic) bond motifs is 6. The van der Waals surface area contributed by atoms with Crippen LogP contribution in [0.2, 0.25) is 0 Å². The van der Waals surface area contributed by atoms with Gasteiger partial charge in [-0.3, -0.25) is 9.97 Å². The van der Waals surface area contributed by atoms with Crippen molar-refractivity contribution in [3.63, 3.8) is 0 Å². The van der Waals surface area contributed by atoms with Crippen molar-refractivity contribution in [2.45, 2.75) is 0 Å². The Kier molecular flexibility index (Phi) is 8.46. The Morgan fingerprint density at radius 2 is 0.710 bits per heavy atom. The van der Waals surface area contributed by atoms with Crippen LogP contribution in [0.1, 0.15) is 0 Å². The molecule has 0 atom stereocenters. The highest BCUT2D eigenvalue weighted by atomic mass is 15.0. The number of hydrogen-bond acceptors (Lipinski definition) is 2. The summed E-state index contributed by atoms with van der Waals surface area (Å²) < 4.78 is 4.76. The fourth-order valence-electron chi connectivity index (χ4n) is 9.44. The van der Waals surface area contributed by atoms with E-state index >= 15 is 0 Å². The molecule has 0 amide bonds. The molecule has 0 bridgehead atoms. The van der Waals surface area contributed by atoms with E-state index in [9.17, 15) is 0 Å². The third-order valence-electron chi connectivity index (χ3n) is 12.3. The number of pyridine rings is 2. The van der Waals surface area contributed by atoms with Crippen molar-refractivity contribution in [3.05, 3.63) is 231 Å². The molecule has 4 nitrogen and oxygen atoms in total. The lowest BCUT2D eigenvalue weighted by Crippen LogP contribution is -1.97. The molecule has 0 saturated heterocycles. The zero-order chi connectivity index (χ0) is 41.0. The van der Waals surface area contributed by atoms with Crippen molar-refractivity contribution in [2.24, 2.45) is 0 Å². The van der Waals surface area contributed by atoms with Gasteiger partial charge in [0.15, 0.2) is 0 Å². The molecule has 0 aliphatic carbocycles. The summed E-state index contributed by atoms with van der Waals surface area (Å²) in [6.07, 6.45) is 5.84. The van der Waals surface area contributed by atoms with Crippen molar-refractivity contribution in [2.75, 3.05) is 0 Å². The Hall–Kier alpha value is -8.34. The summed E-state index contributed by atoms with van der Waals surface area (Å²) in [6.45, 7) is 0. The number of rotatable bonds is 7. The molecular formula is C58H38N4. The summed E-state index contributed by atoms with van der Waals surface area (Å²) >= 11 is 0. The molecule has 12 rings (SSSR count). The average molecular weight is 791 g/mol. The molecule has 0 aliphatic rings. The molecule has 12 aromatic rings. The van der Waals surface area contributed by atoms with E-state index in [2.05, 4.69) is 221 Å². The van der Waals surface area contributed by atoms with Gasteiger partial charge >= 0.3 is 0 Å². The molecule has 0 spiro atoms. The van der Waals surface area contributed by atoms with Crippen LogP contribution in [0, 0.1) is 0 Å². The third-order valence-corrected chi connectivity index (χ3v) is 12.3. The van der Waals surface area contributed by atoms with Gasteiger partial charge in [-0.1, -0.05) is 146 Å². The minimum atomic E-state index is 0.859. The van der Waals surface area contributed by atoms with Crippen LogP contribution >= 0.6 is 0 Å². The van der Waals surface area contributed by atoms with Crippen LogP contribution in [-0.4, -0.2) is 19.1 Å². The van der Waals surface area contributed by atoms with Gasteiger partial charge in [0.1, 0.15) is 0 Å². The average Bonchev–Trinajstić information content (AvgIpc) is 3.87. The first kappa shape index (κ1) is 35.6. The van der Waals surface area contributed by atoms with E-state index < -0.39 is 0 Å². The molecule has 0 saturated carbocycles. The van der Waals surface area contributed by atoms with Crippen LogP contribution in [0.5, 0.6) is 0 Å². The summed E-state index contributed by atoms with van der Waals surface area (Å²) in [6, 6.07) is 76.2. The molecule has 4 heterocycles. The van der Waals surface area contributed by atoms with Gasteiger partial charge in [0.2, 0.25) is 0 Å². The second-order valence-electron chi connectivity index (χ2n) is 15.8. The lowest BCUT2D eigenvalue weighted by molar-refractivity contribution is 1.18. The maximum absolute atomic E-state index is 4.98. The first-order chi connectivity index (χ1) is 30.8. The van der Waals surface area contributed by atoms with Gasteiger partial charge in [-0.2, -0.15) is 0 Å². The second-order valence-corrected chi connectivity index (χ2v) is 15.8. The van der Waals surface area contributed by atoms with Gasteiger partial charge in [-0.25, -0.2) is 0 Å². The lowest BCUT2D eigenvalue weighted by atomic mass is 9.92. The molecule has 290 valence electrons. The predicted molar refractivity (Wildman–Crippen MR) is 258 cm³/mol. The summed E-state index contributed by atoms with van der Waals surface area (Å²) in [4.78, 5) is 9.87. The fraction of sp³-hybridized carbons (Fsp3) is 0. The molecule has 0 radical (unpaired) electrons. The summed E-state index contributed by atoms with van der Waals surface area (Å²) in [5.41, 5.74) is 17.7. The van der Waals surface area contributed by atoms with E-state index in [4.69, 9.17) is 9.97 Å². The molecule has 4 heteroatoms. The first-order valence-electron chi connectivity index (χ1n) is 21.1. The van der Waals surface area contributed by atoms with E-state index in [0.29, 0.717) is 0 Å². The Labute approximate surface area is 359 Å². The van der Waals surface area contributed by atoms with E-state index in [1.54, 1.807) is 0 Å². The van der Waals surface area contributed by atoms with E-state index in [1.165, 1.54) is 43.6 Å². The minimum absolute atomic E-state index is 0.859. The Bertz CT molecular complexity index is 3290. The van der Waals surface area contributed by atoms with Gasteiger partial charge in [0.05, 0.1) is 27.8 Å². The van der Waals surface area contributed by atoms with Crippen LogP contribution < -0.4 is 0 Å². The number of aromatic nitrogens is 4. The monoisotopic (exact) mass is 790 g/mol. The normalized spacial score (nSPS) is 11.5. The maximum atomic E-state index is 4.98. The number of benzene rings is 8. The topological polar surface area (TPSA) is 35.6 Å². The predicted octanol–water partition coefficient (Wildman–Crippen LogP) is 15.0. The Balaban J connectivity index is 1.01. The van der Waals surface area contributed by atoms with E-state index in [1.807, 2.05) is 18.6 Å². The number of hydrogen-bond donors (Lipinski definition) is 0. The van der Waals surface area contributed by atoms with Crippen LogP contribution in [0.3, 0.4) is 0 Å². The largest absolute Gasteiger partial charge is 0.309 e. The molecule has 0 aliphatic heterocycles. The number of para-hydroxylation sites is 4. The van der Waals surface area contributed by atoms with E-state index in [0.717, 1.165) is 67.1 Å². The van der Waals surface area contributed by atoms with E-state index in [-0.39, 0.29) is 0 Å². The Morgan fingerprint density at radius 1 is 0.290 bits per heavy atom. The molecule has 0 N–H and O–H groups in total. The van der Waals surface area contributed by atoms with Crippen LogP contribution in [0.4, 0.5) is 0 Å². The molecular weight excluding hydrogens is 753 g/mol. The zero-order valence-electron chi connectivity index (χ0n) is 33.7. The first-order valence-corrected chi connectivity index (χ1v) is 21.1. The van der Waals surface area contributed by atoms with Gasteiger partial charge in [0, 0.05) is 62.6 Å². The maximum Gasteiger partial charge on any atom is 0.0723 e. The molecule has 62 heavy (non-hydrogen) atoms. The van der Waals surface area contributed by atoms with Crippen molar-refractivity contribution >= 4 is 43.6 Å². The fourth-order valence-corrected chi connectivity index (χ4v) is 9.44. The zero-order valence-corrected chi connectivity index (χ0v) is 33.7. The highest BCUT2D eigenvalue weighted by molar-refractivity contribution is 6.10. The molecule has 0 unspecified atom stereocenters. The Morgan fingerprint density at radius 3 is 1.19 bits per heavy atom. The van der Waals surface area contributed by atoms with Gasteiger partial charge < -0.3 is 9.13 Å². The van der Waals surface area contributed by atoms with Gasteiger partial charge in [-0.05, 0) is 106 Å². The summed E-state index contributed by atoms with van der Waals surface area (Å²) in [5.74, 6) is 0. The van der Waals surface area contributed by atoms with Crippen molar-refractivity contribution in [1.82, 2.24) is 19.1 Å². The standard InChI is InChI=1S/C58H38N4/c1-3-15-39(16-4-1)46-29-27-44(61-55-23-11-7-19-48(55)49-20-8-12-24-56(49)61)35-52(46)41-31-32-60-54(34-41)43-33-42(37-59-38-43)53-36-45(28-30-47(53)40-17-5-2-6-18-40)62-57-25-13-9-21-50(57)51-22-10-14-26-58(51)62/h1-38H. The number of nitrogens with zero attached hydrogens (tertiary/aromatic N) is 4. The molecule has 8 aromatic carbocycles. The smallest absolute Gasteiger partial charge is 0.0723 e. The second kappa shape index (κ2) is 14.7. The van der Waals surface area contributed by atoms with Crippen LogP contribution in [0.15, 0.2) is 231 Å². The van der Waals surface area contributed by atoms with Gasteiger partial charge in [-0.15, -0.1) is 0 Å².